The van der Waals surface area contributed by atoms with Crippen molar-refractivity contribution in [1.29, 1.82) is 5.26 Å². The Balaban J connectivity index is 1.88. The third-order valence-electron chi connectivity index (χ3n) is 4.54. The molecule has 3 N–H and O–H groups in total. The van der Waals surface area contributed by atoms with Crippen molar-refractivity contribution >= 4 is 29.3 Å². The molecule has 0 saturated carbocycles. The zero-order chi connectivity index (χ0) is 20.1. The average Bonchev–Trinajstić information content (AvgIpc) is 2.71. The number of piperidine rings is 1. The normalized spacial score (nSPS) is 16.3. The van der Waals surface area contributed by atoms with Gasteiger partial charge in [0, 0.05) is 13.1 Å². The predicted octanol–water partition coefficient (Wildman–Crippen LogP) is 3.35. The van der Waals surface area contributed by atoms with Crippen LogP contribution < -0.4 is 14.4 Å². The van der Waals surface area contributed by atoms with E-state index in [0.717, 1.165) is 30.8 Å². The van der Waals surface area contributed by atoms with Crippen LogP contribution in [0.15, 0.2) is 41.3 Å². The van der Waals surface area contributed by atoms with Gasteiger partial charge in [0.2, 0.25) is 0 Å². The van der Waals surface area contributed by atoms with Crippen LogP contribution in [0.2, 0.25) is 0 Å². The number of aliphatic hydroxyl groups excluding tert-OH is 1. The maximum absolute atomic E-state index is 11.3. The molecule has 2 aromatic carbocycles. The molecule has 3 rings (SSSR count). The Morgan fingerprint density at radius 3 is 2.86 bits per heavy atom. The van der Waals surface area contributed by atoms with Crippen molar-refractivity contribution in [3.63, 3.8) is 0 Å². The van der Waals surface area contributed by atoms with Crippen molar-refractivity contribution in [2.24, 2.45) is 0 Å². The fourth-order valence-corrected chi connectivity index (χ4v) is 3.96. The number of carbonyl (C=O) groups is 1. The van der Waals surface area contributed by atoms with Gasteiger partial charge in [-0.2, -0.15) is 5.26 Å². The molecular weight excluding hydrogens is 378 g/mol. The smallest absolute Gasteiger partial charge is 0.335 e. The zero-order valence-corrected chi connectivity index (χ0v) is 16.2. The molecule has 1 heterocycles. The van der Waals surface area contributed by atoms with Crippen LogP contribution in [0.25, 0.3) is 0 Å². The van der Waals surface area contributed by atoms with E-state index >= 15 is 0 Å². The third kappa shape index (κ3) is 4.50. The van der Waals surface area contributed by atoms with E-state index in [4.69, 9.17) is 4.74 Å². The summed E-state index contributed by atoms with van der Waals surface area (Å²) < 4.78 is 8.55. The molecule has 0 bridgehead atoms. The van der Waals surface area contributed by atoms with Gasteiger partial charge in [-0.1, -0.05) is 0 Å². The van der Waals surface area contributed by atoms with Crippen LogP contribution >= 0.6 is 11.9 Å². The number of nitrogens with zero attached hydrogens (tertiary/aromatic N) is 2. The molecule has 1 saturated heterocycles. The van der Waals surface area contributed by atoms with Gasteiger partial charge in [0.25, 0.3) is 0 Å². The number of hydrogen-bond donors (Lipinski definition) is 3. The minimum Gasteiger partial charge on any atom is -0.496 e. The van der Waals surface area contributed by atoms with Crippen molar-refractivity contribution in [2.75, 3.05) is 29.8 Å². The second kappa shape index (κ2) is 8.87. The molecule has 0 amide bonds. The van der Waals surface area contributed by atoms with E-state index in [1.54, 1.807) is 18.2 Å². The highest BCUT2D eigenvalue weighted by Gasteiger charge is 2.21. The molecule has 1 fully saturated rings. The number of aliphatic hydroxyl groups is 1. The predicted molar refractivity (Wildman–Crippen MR) is 108 cm³/mol. The lowest BCUT2D eigenvalue weighted by Crippen LogP contribution is -2.38. The Hall–Kier alpha value is -2.89. The number of aromatic carboxylic acids is 1. The Morgan fingerprint density at radius 1 is 1.36 bits per heavy atom. The van der Waals surface area contributed by atoms with Gasteiger partial charge in [-0.05, 0) is 61.2 Å². The molecule has 0 aromatic heterocycles. The molecule has 146 valence electrons. The number of anilines is 2. The SMILES string of the molecule is COc1ccc(C(=O)O)cc1SNc1cc(C#N)ccc1N1CCCC(O)C1. The molecule has 1 atom stereocenters. The lowest BCUT2D eigenvalue weighted by Gasteiger charge is -2.33. The van der Waals surface area contributed by atoms with Crippen LogP contribution in [-0.4, -0.2) is 42.5 Å². The molecule has 0 spiro atoms. The lowest BCUT2D eigenvalue weighted by atomic mass is 10.1. The number of ether oxygens (including phenoxy) is 1. The van der Waals surface area contributed by atoms with Gasteiger partial charge in [-0.15, -0.1) is 0 Å². The molecule has 8 heteroatoms. The van der Waals surface area contributed by atoms with E-state index in [9.17, 15) is 20.3 Å². The van der Waals surface area contributed by atoms with Crippen molar-refractivity contribution in [2.45, 2.75) is 23.8 Å². The number of rotatable bonds is 6. The molecule has 2 aromatic rings. The van der Waals surface area contributed by atoms with E-state index in [1.807, 2.05) is 6.07 Å². The highest BCUT2D eigenvalue weighted by Crippen LogP contribution is 2.36. The summed E-state index contributed by atoms with van der Waals surface area (Å²) in [7, 11) is 1.52. The van der Waals surface area contributed by atoms with Crippen LogP contribution in [-0.2, 0) is 0 Å². The first-order valence-corrected chi connectivity index (χ1v) is 9.65. The zero-order valence-electron chi connectivity index (χ0n) is 15.4. The van der Waals surface area contributed by atoms with Gasteiger partial charge >= 0.3 is 5.97 Å². The van der Waals surface area contributed by atoms with Crippen LogP contribution in [0.5, 0.6) is 5.75 Å². The van der Waals surface area contributed by atoms with Gasteiger partial charge in [0.15, 0.2) is 0 Å². The maximum atomic E-state index is 11.3. The quantitative estimate of drug-likeness (QED) is 0.635. The van der Waals surface area contributed by atoms with Crippen molar-refractivity contribution in [3.05, 3.63) is 47.5 Å². The molecule has 1 aliphatic heterocycles. The molecule has 0 aliphatic carbocycles. The summed E-state index contributed by atoms with van der Waals surface area (Å²) in [6, 6.07) is 12.1. The first kappa shape index (κ1) is 19.9. The van der Waals surface area contributed by atoms with Crippen LogP contribution in [0, 0.1) is 11.3 Å². The van der Waals surface area contributed by atoms with Gasteiger partial charge in [0.05, 0.1) is 46.7 Å². The van der Waals surface area contributed by atoms with E-state index in [0.29, 0.717) is 22.8 Å². The van der Waals surface area contributed by atoms with Crippen LogP contribution in [0.1, 0.15) is 28.8 Å². The minimum absolute atomic E-state index is 0.162. The number of hydrogen-bond acceptors (Lipinski definition) is 7. The van der Waals surface area contributed by atoms with E-state index < -0.39 is 5.97 Å². The second-order valence-corrected chi connectivity index (χ2v) is 7.31. The number of β-amino-alcohol motifs (C(OH)–C–C–N with tert-alkyl or cyclic N) is 1. The standard InChI is InChI=1S/C20H21N3O4S/c1-27-18-7-5-14(20(25)26)10-19(18)28-22-16-9-13(11-21)4-6-17(16)23-8-2-3-15(24)12-23/h4-7,9-10,15,22,24H,2-3,8,12H2,1H3,(H,25,26). The topological polar surface area (TPSA) is 106 Å². The van der Waals surface area contributed by atoms with E-state index in [1.165, 1.54) is 31.2 Å². The first-order valence-electron chi connectivity index (χ1n) is 8.83. The second-order valence-electron chi connectivity index (χ2n) is 6.46. The minimum atomic E-state index is -1.01. The highest BCUT2D eigenvalue weighted by atomic mass is 32.2. The summed E-state index contributed by atoms with van der Waals surface area (Å²) >= 11 is 1.22. The van der Waals surface area contributed by atoms with Crippen LogP contribution in [0.4, 0.5) is 11.4 Å². The number of carboxylic acid groups (broad SMARTS) is 1. The molecule has 1 aliphatic rings. The van der Waals surface area contributed by atoms with Crippen molar-refractivity contribution < 1.29 is 19.7 Å². The van der Waals surface area contributed by atoms with Gasteiger partial charge in [-0.3, -0.25) is 0 Å². The summed E-state index contributed by atoms with van der Waals surface area (Å²) in [6.07, 6.45) is 1.29. The van der Waals surface area contributed by atoms with Crippen molar-refractivity contribution in [3.8, 4) is 11.8 Å². The fraction of sp³-hybridized carbons (Fsp3) is 0.300. The number of nitrogens with one attached hydrogen (secondary N) is 1. The van der Waals surface area contributed by atoms with Crippen LogP contribution in [0.3, 0.4) is 0 Å². The number of carboxylic acids is 1. The first-order chi connectivity index (χ1) is 13.5. The number of methoxy groups -OCH3 is 1. The highest BCUT2D eigenvalue weighted by molar-refractivity contribution is 8.00. The van der Waals surface area contributed by atoms with Crippen molar-refractivity contribution in [1.82, 2.24) is 0 Å². The summed E-state index contributed by atoms with van der Waals surface area (Å²) in [5.74, 6) is -0.465. The molecule has 0 radical (unpaired) electrons. The summed E-state index contributed by atoms with van der Waals surface area (Å²) in [5.41, 5.74) is 2.28. The van der Waals surface area contributed by atoms with Gasteiger partial charge in [0.1, 0.15) is 5.75 Å². The van der Waals surface area contributed by atoms with E-state index in [-0.39, 0.29) is 11.7 Å². The maximum Gasteiger partial charge on any atom is 0.335 e. The third-order valence-corrected chi connectivity index (χ3v) is 5.41. The lowest BCUT2D eigenvalue weighted by molar-refractivity contribution is 0.0696. The fourth-order valence-electron chi connectivity index (χ4n) is 3.14. The average molecular weight is 399 g/mol. The molecular formula is C20H21N3O4S. The summed E-state index contributed by atoms with van der Waals surface area (Å²) in [6.45, 7) is 1.35. The van der Waals surface area contributed by atoms with E-state index in [2.05, 4.69) is 15.7 Å². The Labute approximate surface area is 167 Å². The Bertz CT molecular complexity index is 913. The number of benzene rings is 2. The largest absolute Gasteiger partial charge is 0.496 e. The molecule has 1 unspecified atom stereocenters. The monoisotopic (exact) mass is 399 g/mol. The summed E-state index contributed by atoms with van der Waals surface area (Å²) in [4.78, 5) is 14.0. The Kier molecular flexibility index (Phi) is 6.29. The Morgan fingerprint density at radius 2 is 2.18 bits per heavy atom. The number of nitriles is 1. The molecule has 7 nitrogen and oxygen atoms in total. The molecule has 28 heavy (non-hydrogen) atoms. The van der Waals surface area contributed by atoms with Gasteiger partial charge < -0.3 is 24.6 Å². The summed E-state index contributed by atoms with van der Waals surface area (Å²) in [5, 5.41) is 28.5. The van der Waals surface area contributed by atoms with Gasteiger partial charge in [-0.25, -0.2) is 4.79 Å².